The van der Waals surface area contributed by atoms with E-state index in [1.54, 1.807) is 0 Å². The zero-order valence-electron chi connectivity index (χ0n) is 9.19. The minimum Gasteiger partial charge on any atom is -0.368 e. The third kappa shape index (κ3) is 2.40. The van der Waals surface area contributed by atoms with E-state index in [0.717, 1.165) is 19.4 Å². The van der Waals surface area contributed by atoms with E-state index in [4.69, 9.17) is 5.73 Å². The fraction of sp³-hybridized carbons (Fsp3) is 0.750. The van der Waals surface area contributed by atoms with E-state index >= 15 is 0 Å². The van der Waals surface area contributed by atoms with Crippen LogP contribution in [0.15, 0.2) is 12.2 Å². The molecule has 15 heavy (non-hydrogen) atoms. The first kappa shape index (κ1) is 10.7. The molecule has 1 aliphatic carbocycles. The Labute approximate surface area is 91.3 Å². The second kappa shape index (κ2) is 4.79. The van der Waals surface area contributed by atoms with Gasteiger partial charge >= 0.3 is 0 Å². The highest BCUT2D eigenvalue weighted by atomic mass is 16.1. The number of nitrogens with zero attached hydrogens (tertiary/aromatic N) is 1. The molecule has 1 fully saturated rings. The third-order valence-electron chi connectivity index (χ3n) is 3.53. The molecule has 3 heteroatoms. The topological polar surface area (TPSA) is 46.3 Å². The van der Waals surface area contributed by atoms with Gasteiger partial charge in [-0.3, -0.25) is 9.69 Å². The van der Waals surface area contributed by atoms with Crippen LogP contribution < -0.4 is 5.73 Å². The number of amides is 1. The van der Waals surface area contributed by atoms with Crippen LogP contribution >= 0.6 is 0 Å². The van der Waals surface area contributed by atoms with Gasteiger partial charge in [0, 0.05) is 6.04 Å². The molecule has 0 aromatic heterocycles. The van der Waals surface area contributed by atoms with Crippen LogP contribution in [-0.4, -0.2) is 29.4 Å². The minimum absolute atomic E-state index is 0.0218. The average Bonchev–Trinajstić information content (AvgIpc) is 2.30. The summed E-state index contributed by atoms with van der Waals surface area (Å²) in [6, 6.07) is 0.433. The second-order valence-electron chi connectivity index (χ2n) is 4.58. The fourth-order valence-corrected chi connectivity index (χ4v) is 2.73. The molecule has 1 aliphatic heterocycles. The molecule has 84 valence electrons. The number of hydrogen-bond donors (Lipinski definition) is 1. The van der Waals surface area contributed by atoms with Crippen LogP contribution in [0.2, 0.25) is 0 Å². The molecule has 2 N–H and O–H groups in total. The maximum atomic E-state index is 11.4. The van der Waals surface area contributed by atoms with E-state index in [9.17, 15) is 4.79 Å². The van der Waals surface area contributed by atoms with Crippen molar-refractivity contribution in [3.8, 4) is 0 Å². The van der Waals surface area contributed by atoms with Gasteiger partial charge in [-0.2, -0.15) is 0 Å². The Hall–Kier alpha value is -0.830. The number of likely N-dealkylation sites (tertiary alicyclic amines) is 1. The van der Waals surface area contributed by atoms with E-state index in [-0.39, 0.29) is 11.9 Å². The lowest BCUT2D eigenvalue weighted by molar-refractivity contribution is -0.125. The van der Waals surface area contributed by atoms with E-state index in [0.29, 0.717) is 6.04 Å². The van der Waals surface area contributed by atoms with Crippen molar-refractivity contribution >= 4 is 5.91 Å². The van der Waals surface area contributed by atoms with Gasteiger partial charge < -0.3 is 5.73 Å². The number of carbonyl (C=O) groups is 1. The van der Waals surface area contributed by atoms with Gasteiger partial charge in [0.15, 0.2) is 0 Å². The predicted molar refractivity (Wildman–Crippen MR) is 60.3 cm³/mol. The van der Waals surface area contributed by atoms with Crippen molar-refractivity contribution in [1.82, 2.24) is 4.90 Å². The van der Waals surface area contributed by atoms with Gasteiger partial charge in [-0.15, -0.1) is 0 Å². The lowest BCUT2D eigenvalue weighted by Crippen LogP contribution is -2.52. The van der Waals surface area contributed by atoms with E-state index in [2.05, 4.69) is 17.1 Å². The van der Waals surface area contributed by atoms with Crippen molar-refractivity contribution in [2.75, 3.05) is 6.54 Å². The van der Waals surface area contributed by atoms with Crippen molar-refractivity contribution < 1.29 is 4.79 Å². The molecule has 1 saturated heterocycles. The normalized spacial score (nSPS) is 32.8. The Morgan fingerprint density at radius 3 is 2.80 bits per heavy atom. The number of rotatable bonds is 2. The van der Waals surface area contributed by atoms with E-state index in [1.165, 1.54) is 25.7 Å². The van der Waals surface area contributed by atoms with Crippen LogP contribution in [0.4, 0.5) is 0 Å². The SMILES string of the molecule is NC(=O)C1CCCCN1C1C=CCCC1. The smallest absolute Gasteiger partial charge is 0.234 e. The molecule has 0 bridgehead atoms. The Kier molecular flexibility index (Phi) is 3.41. The Bertz CT molecular complexity index is 262. The number of allylic oxidation sites excluding steroid dienone is 1. The van der Waals surface area contributed by atoms with Crippen LogP contribution in [0.5, 0.6) is 0 Å². The quantitative estimate of drug-likeness (QED) is 0.698. The van der Waals surface area contributed by atoms with Crippen LogP contribution in [0.3, 0.4) is 0 Å². The second-order valence-corrected chi connectivity index (χ2v) is 4.58. The van der Waals surface area contributed by atoms with Crippen LogP contribution in [-0.2, 0) is 4.79 Å². The predicted octanol–water partition coefficient (Wildman–Crippen LogP) is 1.43. The van der Waals surface area contributed by atoms with Gasteiger partial charge in [-0.1, -0.05) is 18.6 Å². The summed E-state index contributed by atoms with van der Waals surface area (Å²) < 4.78 is 0. The molecular weight excluding hydrogens is 188 g/mol. The average molecular weight is 208 g/mol. The van der Waals surface area contributed by atoms with E-state index < -0.39 is 0 Å². The number of primary amides is 1. The summed E-state index contributed by atoms with van der Waals surface area (Å²) in [6.45, 7) is 1.03. The molecule has 0 radical (unpaired) electrons. The fourth-order valence-electron chi connectivity index (χ4n) is 2.73. The first-order valence-corrected chi connectivity index (χ1v) is 6.01. The minimum atomic E-state index is -0.145. The maximum Gasteiger partial charge on any atom is 0.234 e. The van der Waals surface area contributed by atoms with Gasteiger partial charge in [0.2, 0.25) is 5.91 Å². The standard InChI is InChI=1S/C12H20N2O/c13-12(15)11-8-4-5-9-14(11)10-6-2-1-3-7-10/h2,6,10-11H,1,3-5,7-9H2,(H2,13,15). The molecule has 1 amide bonds. The highest BCUT2D eigenvalue weighted by Gasteiger charge is 2.31. The molecule has 2 aliphatic rings. The summed E-state index contributed by atoms with van der Waals surface area (Å²) in [6.07, 6.45) is 11.4. The number of nitrogens with two attached hydrogens (primary N) is 1. The first-order chi connectivity index (χ1) is 7.29. The maximum absolute atomic E-state index is 11.4. The zero-order valence-corrected chi connectivity index (χ0v) is 9.19. The largest absolute Gasteiger partial charge is 0.368 e. The Morgan fingerprint density at radius 1 is 1.27 bits per heavy atom. The first-order valence-electron chi connectivity index (χ1n) is 6.01. The molecule has 0 aromatic carbocycles. The molecule has 2 rings (SSSR count). The summed E-state index contributed by atoms with van der Waals surface area (Å²) in [5.41, 5.74) is 5.46. The van der Waals surface area contributed by atoms with Crippen molar-refractivity contribution in [3.63, 3.8) is 0 Å². The number of hydrogen-bond acceptors (Lipinski definition) is 2. The third-order valence-corrected chi connectivity index (χ3v) is 3.53. The highest BCUT2D eigenvalue weighted by molar-refractivity contribution is 5.80. The van der Waals surface area contributed by atoms with Crippen molar-refractivity contribution in [2.24, 2.45) is 5.73 Å². The van der Waals surface area contributed by atoms with Crippen LogP contribution in [0, 0.1) is 0 Å². The summed E-state index contributed by atoms with van der Waals surface area (Å²) >= 11 is 0. The van der Waals surface area contributed by atoms with Gasteiger partial charge in [0.1, 0.15) is 0 Å². The van der Waals surface area contributed by atoms with Gasteiger partial charge in [-0.05, 0) is 38.6 Å². The van der Waals surface area contributed by atoms with Crippen LogP contribution in [0.25, 0.3) is 0 Å². The van der Waals surface area contributed by atoms with Gasteiger partial charge in [0.05, 0.1) is 6.04 Å². The summed E-state index contributed by atoms with van der Waals surface area (Å²) in [7, 11) is 0. The van der Waals surface area contributed by atoms with Gasteiger partial charge in [-0.25, -0.2) is 0 Å². The van der Waals surface area contributed by atoms with E-state index in [1.807, 2.05) is 0 Å². The summed E-state index contributed by atoms with van der Waals surface area (Å²) in [5, 5.41) is 0. The lowest BCUT2D eigenvalue weighted by atomic mass is 9.94. The monoisotopic (exact) mass is 208 g/mol. The van der Waals surface area contributed by atoms with Crippen molar-refractivity contribution in [1.29, 1.82) is 0 Å². The molecule has 0 spiro atoms. The number of carbonyl (C=O) groups excluding carboxylic acids is 1. The van der Waals surface area contributed by atoms with Crippen molar-refractivity contribution in [3.05, 3.63) is 12.2 Å². The van der Waals surface area contributed by atoms with Crippen molar-refractivity contribution in [2.45, 2.75) is 50.6 Å². The molecule has 0 aromatic rings. The Balaban J connectivity index is 2.06. The molecule has 1 heterocycles. The van der Waals surface area contributed by atoms with Crippen LogP contribution in [0.1, 0.15) is 38.5 Å². The molecule has 0 saturated carbocycles. The summed E-state index contributed by atoms with van der Waals surface area (Å²) in [4.78, 5) is 13.7. The number of piperidine rings is 1. The lowest BCUT2D eigenvalue weighted by Gasteiger charge is -2.39. The molecule has 3 nitrogen and oxygen atoms in total. The molecular formula is C12H20N2O. The Morgan fingerprint density at radius 2 is 2.13 bits per heavy atom. The zero-order chi connectivity index (χ0) is 10.7. The molecule has 2 atom stereocenters. The highest BCUT2D eigenvalue weighted by Crippen LogP contribution is 2.24. The van der Waals surface area contributed by atoms with Gasteiger partial charge in [0.25, 0.3) is 0 Å². The summed E-state index contributed by atoms with van der Waals surface area (Å²) in [5.74, 6) is -0.145. The molecule has 2 unspecified atom stereocenters.